The predicted octanol–water partition coefficient (Wildman–Crippen LogP) is 4.40. The zero-order chi connectivity index (χ0) is 16.5. The van der Waals surface area contributed by atoms with Gasteiger partial charge in [-0.15, -0.1) is 0 Å². The van der Waals surface area contributed by atoms with E-state index in [0.29, 0.717) is 5.69 Å². The molecular weight excluding hydrogens is 294 g/mol. The smallest absolute Gasteiger partial charge is 0.261 e. The van der Waals surface area contributed by atoms with Gasteiger partial charge >= 0.3 is 0 Å². The van der Waals surface area contributed by atoms with Crippen molar-refractivity contribution >= 4 is 15.7 Å². The summed E-state index contributed by atoms with van der Waals surface area (Å²) in [6, 6.07) is 12.8. The van der Waals surface area contributed by atoms with E-state index in [2.05, 4.69) is 25.5 Å². The van der Waals surface area contributed by atoms with Crippen LogP contribution in [0.3, 0.4) is 0 Å². The Bertz CT molecular complexity index is 749. The normalized spacial score (nSPS) is 12.2. The van der Waals surface area contributed by atoms with Crippen LogP contribution in [0.1, 0.15) is 37.5 Å². The van der Waals surface area contributed by atoms with Crippen LogP contribution in [0.15, 0.2) is 47.4 Å². The van der Waals surface area contributed by atoms with Crippen molar-refractivity contribution in [2.24, 2.45) is 0 Å². The lowest BCUT2D eigenvalue weighted by Crippen LogP contribution is -2.16. The van der Waals surface area contributed by atoms with Gasteiger partial charge in [-0.25, -0.2) is 8.42 Å². The lowest BCUT2D eigenvalue weighted by molar-refractivity contribution is 0.587. The van der Waals surface area contributed by atoms with Gasteiger partial charge in [0.1, 0.15) is 0 Å². The van der Waals surface area contributed by atoms with Crippen LogP contribution in [0.5, 0.6) is 0 Å². The molecule has 118 valence electrons. The molecule has 0 saturated carbocycles. The first-order valence-corrected chi connectivity index (χ1v) is 8.79. The van der Waals surface area contributed by atoms with Gasteiger partial charge in [0.05, 0.1) is 10.6 Å². The Hall–Kier alpha value is -1.81. The van der Waals surface area contributed by atoms with E-state index in [4.69, 9.17) is 0 Å². The van der Waals surface area contributed by atoms with Crippen LogP contribution >= 0.6 is 0 Å². The molecule has 0 amide bonds. The number of para-hydroxylation sites is 1. The highest BCUT2D eigenvalue weighted by atomic mass is 32.2. The van der Waals surface area contributed by atoms with Crippen molar-refractivity contribution in [1.29, 1.82) is 0 Å². The standard InChI is InChI=1S/C18H23NO2S/c1-13-7-6-8-14(2)17(13)19-22(20,21)16-11-9-15(10-12-16)18(3,4)5/h6-12,19H,1-5H3. The first kappa shape index (κ1) is 16.6. The van der Waals surface area contributed by atoms with Crippen molar-refractivity contribution in [3.05, 3.63) is 59.2 Å². The third kappa shape index (κ3) is 3.50. The molecule has 0 aliphatic heterocycles. The first-order valence-electron chi connectivity index (χ1n) is 7.31. The maximum atomic E-state index is 12.6. The molecule has 0 unspecified atom stereocenters. The maximum Gasteiger partial charge on any atom is 0.261 e. The number of aryl methyl sites for hydroxylation is 2. The number of sulfonamides is 1. The molecule has 3 nitrogen and oxygen atoms in total. The zero-order valence-electron chi connectivity index (χ0n) is 13.8. The molecule has 4 heteroatoms. The van der Waals surface area contributed by atoms with E-state index in [1.165, 1.54) is 0 Å². The van der Waals surface area contributed by atoms with Gasteiger partial charge in [-0.1, -0.05) is 51.1 Å². The van der Waals surface area contributed by atoms with Crippen LogP contribution < -0.4 is 4.72 Å². The molecule has 2 aromatic rings. The number of hydrogen-bond acceptors (Lipinski definition) is 2. The minimum atomic E-state index is -3.57. The van der Waals surface area contributed by atoms with E-state index in [1.807, 2.05) is 44.2 Å². The van der Waals surface area contributed by atoms with Crippen molar-refractivity contribution in [2.75, 3.05) is 4.72 Å². The predicted molar refractivity (Wildman–Crippen MR) is 91.9 cm³/mol. The van der Waals surface area contributed by atoms with Gasteiger partial charge in [0.2, 0.25) is 0 Å². The molecule has 2 aromatic carbocycles. The molecule has 0 heterocycles. The second-order valence-corrected chi connectivity index (χ2v) is 8.33. The minimum absolute atomic E-state index is 0.00231. The highest BCUT2D eigenvalue weighted by Gasteiger charge is 2.18. The Labute approximate surface area is 133 Å². The molecule has 0 fully saturated rings. The van der Waals surface area contributed by atoms with E-state index < -0.39 is 10.0 Å². The van der Waals surface area contributed by atoms with Crippen molar-refractivity contribution in [2.45, 2.75) is 44.9 Å². The van der Waals surface area contributed by atoms with E-state index >= 15 is 0 Å². The fourth-order valence-corrected chi connectivity index (χ4v) is 3.51. The van der Waals surface area contributed by atoms with E-state index in [0.717, 1.165) is 16.7 Å². The summed E-state index contributed by atoms with van der Waals surface area (Å²) >= 11 is 0. The van der Waals surface area contributed by atoms with Crippen molar-refractivity contribution in [1.82, 2.24) is 0 Å². The van der Waals surface area contributed by atoms with Gasteiger partial charge < -0.3 is 0 Å². The Kier molecular flexibility index (Phi) is 4.34. The number of nitrogens with one attached hydrogen (secondary N) is 1. The van der Waals surface area contributed by atoms with Crippen LogP contribution in [0, 0.1) is 13.8 Å². The third-order valence-corrected chi connectivity index (χ3v) is 5.11. The van der Waals surface area contributed by atoms with E-state index in [9.17, 15) is 8.42 Å². The topological polar surface area (TPSA) is 46.2 Å². The largest absolute Gasteiger partial charge is 0.279 e. The lowest BCUT2D eigenvalue weighted by Gasteiger charge is -2.19. The van der Waals surface area contributed by atoms with Crippen molar-refractivity contribution < 1.29 is 8.42 Å². The quantitative estimate of drug-likeness (QED) is 0.912. The molecular formula is C18H23NO2S. The molecule has 0 saturated heterocycles. The maximum absolute atomic E-state index is 12.6. The van der Waals surface area contributed by atoms with Gasteiger partial charge in [-0.3, -0.25) is 4.72 Å². The Morgan fingerprint density at radius 2 is 1.36 bits per heavy atom. The van der Waals surface area contributed by atoms with Gasteiger partial charge in [0, 0.05) is 0 Å². The number of rotatable bonds is 3. The fraction of sp³-hybridized carbons (Fsp3) is 0.333. The third-order valence-electron chi connectivity index (χ3n) is 3.75. The average Bonchev–Trinajstić information content (AvgIpc) is 2.42. The van der Waals surface area contributed by atoms with Gasteiger partial charge in [-0.2, -0.15) is 0 Å². The molecule has 0 spiro atoms. The zero-order valence-corrected chi connectivity index (χ0v) is 14.6. The molecule has 2 rings (SSSR count). The minimum Gasteiger partial charge on any atom is -0.279 e. The summed E-state index contributed by atoms with van der Waals surface area (Å²) in [5.74, 6) is 0. The average molecular weight is 317 g/mol. The highest BCUT2D eigenvalue weighted by molar-refractivity contribution is 7.92. The summed E-state index contributed by atoms with van der Waals surface area (Å²) in [6.45, 7) is 10.1. The summed E-state index contributed by atoms with van der Waals surface area (Å²) in [5.41, 5.74) is 3.59. The van der Waals surface area contributed by atoms with Crippen molar-refractivity contribution in [3.63, 3.8) is 0 Å². The van der Waals surface area contributed by atoms with Crippen LogP contribution in [0.4, 0.5) is 5.69 Å². The highest BCUT2D eigenvalue weighted by Crippen LogP contribution is 2.26. The molecule has 0 aliphatic rings. The molecule has 0 bridgehead atoms. The van der Waals surface area contributed by atoms with Gasteiger partial charge in [0.15, 0.2) is 0 Å². The van der Waals surface area contributed by atoms with Gasteiger partial charge in [-0.05, 0) is 48.1 Å². The summed E-state index contributed by atoms with van der Waals surface area (Å²) in [6.07, 6.45) is 0. The Balaban J connectivity index is 2.35. The number of benzene rings is 2. The number of hydrogen-bond donors (Lipinski definition) is 1. The summed E-state index contributed by atoms with van der Waals surface area (Å²) in [4.78, 5) is 0.281. The van der Waals surface area contributed by atoms with Crippen LogP contribution in [0.25, 0.3) is 0 Å². The van der Waals surface area contributed by atoms with Crippen molar-refractivity contribution in [3.8, 4) is 0 Å². The second-order valence-electron chi connectivity index (χ2n) is 6.65. The molecule has 0 aromatic heterocycles. The monoisotopic (exact) mass is 317 g/mol. The Morgan fingerprint density at radius 1 is 0.864 bits per heavy atom. The van der Waals surface area contributed by atoms with Gasteiger partial charge in [0.25, 0.3) is 10.0 Å². The second kappa shape index (κ2) is 5.76. The molecule has 0 atom stereocenters. The SMILES string of the molecule is Cc1cccc(C)c1NS(=O)(=O)c1ccc(C(C)(C)C)cc1. The van der Waals surface area contributed by atoms with Crippen LogP contribution in [-0.2, 0) is 15.4 Å². The van der Waals surface area contributed by atoms with Crippen LogP contribution in [0.2, 0.25) is 0 Å². The van der Waals surface area contributed by atoms with E-state index in [1.54, 1.807) is 12.1 Å². The molecule has 22 heavy (non-hydrogen) atoms. The number of anilines is 1. The fourth-order valence-electron chi connectivity index (χ4n) is 2.30. The summed E-state index contributed by atoms with van der Waals surface area (Å²) in [7, 11) is -3.57. The molecule has 0 aliphatic carbocycles. The summed E-state index contributed by atoms with van der Waals surface area (Å²) in [5, 5.41) is 0. The van der Waals surface area contributed by atoms with Crippen LogP contribution in [-0.4, -0.2) is 8.42 Å². The first-order chi connectivity index (χ1) is 10.1. The lowest BCUT2D eigenvalue weighted by atomic mass is 9.87. The Morgan fingerprint density at radius 3 is 1.82 bits per heavy atom. The summed E-state index contributed by atoms with van der Waals surface area (Å²) < 4.78 is 27.8. The van der Waals surface area contributed by atoms with E-state index in [-0.39, 0.29) is 10.3 Å². The molecule has 1 N–H and O–H groups in total. The molecule has 0 radical (unpaired) electrons.